The second kappa shape index (κ2) is 7.41. The first kappa shape index (κ1) is 16.4. The summed E-state index contributed by atoms with van der Waals surface area (Å²) in [5.74, 6) is 0.361. The number of carbonyl (C=O) groups excluding carboxylic acids is 1. The van der Waals surface area contributed by atoms with Gasteiger partial charge in [-0.05, 0) is 56.5 Å². The Hall–Kier alpha value is -1.46. The molecule has 1 amide bonds. The fourth-order valence-corrected chi connectivity index (χ4v) is 3.93. The molecule has 5 nitrogen and oxygen atoms in total. The van der Waals surface area contributed by atoms with E-state index in [1.807, 2.05) is 17.3 Å². The molecular formula is C18H27N3O2. The van der Waals surface area contributed by atoms with Crippen molar-refractivity contribution in [1.29, 1.82) is 0 Å². The molecule has 1 aromatic rings. The molecule has 2 fully saturated rings. The lowest BCUT2D eigenvalue weighted by Gasteiger charge is -2.26. The molecule has 0 saturated carbocycles. The highest BCUT2D eigenvalue weighted by Crippen LogP contribution is 2.41. The van der Waals surface area contributed by atoms with Crippen LogP contribution in [0.15, 0.2) is 24.5 Å². The minimum atomic E-state index is -0.110. The molecular weight excluding hydrogens is 290 g/mol. The summed E-state index contributed by atoms with van der Waals surface area (Å²) < 4.78 is 5.13. The summed E-state index contributed by atoms with van der Waals surface area (Å²) >= 11 is 0. The van der Waals surface area contributed by atoms with Gasteiger partial charge in [0.05, 0.1) is 12.0 Å². The van der Waals surface area contributed by atoms with E-state index in [-0.39, 0.29) is 5.41 Å². The summed E-state index contributed by atoms with van der Waals surface area (Å²) in [5, 5.41) is 0. The average molecular weight is 317 g/mol. The van der Waals surface area contributed by atoms with Crippen LogP contribution in [-0.2, 0) is 16.1 Å². The SMILES string of the molecule is COCCN1CC[C@]2(CCCN(Cc3ccncc3)CC2)C1=O. The lowest BCUT2D eigenvalue weighted by molar-refractivity contribution is -0.137. The summed E-state index contributed by atoms with van der Waals surface area (Å²) in [6.45, 7) is 5.31. The number of amides is 1. The Balaban J connectivity index is 1.59. The van der Waals surface area contributed by atoms with Gasteiger partial charge in [-0.1, -0.05) is 0 Å². The summed E-state index contributed by atoms with van der Waals surface area (Å²) in [5.41, 5.74) is 1.19. The monoisotopic (exact) mass is 317 g/mol. The normalized spacial score (nSPS) is 26.0. The molecule has 2 saturated heterocycles. The van der Waals surface area contributed by atoms with Crippen LogP contribution in [0.4, 0.5) is 0 Å². The van der Waals surface area contributed by atoms with Gasteiger partial charge >= 0.3 is 0 Å². The molecule has 2 aliphatic heterocycles. The van der Waals surface area contributed by atoms with Gasteiger partial charge in [-0.3, -0.25) is 14.7 Å². The standard InChI is InChI=1S/C18H27N3O2/c1-23-14-13-21-12-7-18(17(21)22)5-2-10-20(11-6-18)15-16-3-8-19-9-4-16/h3-4,8-9H,2,5-7,10-15H2,1H3/t18-/m1/s1. The van der Waals surface area contributed by atoms with E-state index < -0.39 is 0 Å². The van der Waals surface area contributed by atoms with Gasteiger partial charge in [0, 0.05) is 39.1 Å². The molecule has 0 aliphatic carbocycles. The number of carbonyl (C=O) groups is 1. The topological polar surface area (TPSA) is 45.7 Å². The first-order valence-electron chi connectivity index (χ1n) is 8.63. The van der Waals surface area contributed by atoms with E-state index in [0.717, 1.165) is 58.4 Å². The number of hydrogen-bond acceptors (Lipinski definition) is 4. The van der Waals surface area contributed by atoms with Gasteiger partial charge in [0.2, 0.25) is 5.91 Å². The summed E-state index contributed by atoms with van der Waals surface area (Å²) in [6, 6.07) is 4.15. The molecule has 1 spiro atoms. The zero-order valence-electron chi connectivity index (χ0n) is 14.0. The quantitative estimate of drug-likeness (QED) is 0.832. The van der Waals surface area contributed by atoms with Crippen LogP contribution in [0, 0.1) is 5.41 Å². The van der Waals surface area contributed by atoms with E-state index in [0.29, 0.717) is 12.5 Å². The Bertz CT molecular complexity index is 522. The largest absolute Gasteiger partial charge is 0.383 e. The highest BCUT2D eigenvalue weighted by atomic mass is 16.5. The van der Waals surface area contributed by atoms with Crippen molar-refractivity contribution in [2.24, 2.45) is 5.41 Å². The number of pyridine rings is 1. The minimum Gasteiger partial charge on any atom is -0.383 e. The second-order valence-corrected chi connectivity index (χ2v) is 6.80. The molecule has 5 heteroatoms. The van der Waals surface area contributed by atoms with E-state index in [1.54, 1.807) is 7.11 Å². The van der Waals surface area contributed by atoms with E-state index in [2.05, 4.69) is 22.0 Å². The van der Waals surface area contributed by atoms with E-state index >= 15 is 0 Å². The Labute approximate surface area is 138 Å². The maximum Gasteiger partial charge on any atom is 0.228 e. The molecule has 3 rings (SSSR count). The Kier molecular flexibility index (Phi) is 5.28. The summed E-state index contributed by atoms with van der Waals surface area (Å²) in [4.78, 5) is 21.4. The molecule has 1 aromatic heterocycles. The molecule has 2 aliphatic rings. The van der Waals surface area contributed by atoms with Crippen LogP contribution in [0.25, 0.3) is 0 Å². The van der Waals surface area contributed by atoms with Gasteiger partial charge in [-0.25, -0.2) is 0 Å². The number of rotatable bonds is 5. The predicted octanol–water partition coefficient (Wildman–Crippen LogP) is 1.93. The Morgan fingerprint density at radius 1 is 1.17 bits per heavy atom. The van der Waals surface area contributed by atoms with Crippen molar-refractivity contribution < 1.29 is 9.53 Å². The first-order chi connectivity index (χ1) is 11.2. The van der Waals surface area contributed by atoms with E-state index in [9.17, 15) is 4.79 Å². The third-order valence-corrected chi connectivity index (χ3v) is 5.36. The van der Waals surface area contributed by atoms with Gasteiger partial charge in [0.25, 0.3) is 0 Å². The fraction of sp³-hybridized carbons (Fsp3) is 0.667. The maximum absolute atomic E-state index is 12.8. The minimum absolute atomic E-state index is 0.110. The van der Waals surface area contributed by atoms with Crippen LogP contribution in [0.5, 0.6) is 0 Å². The molecule has 3 heterocycles. The Morgan fingerprint density at radius 2 is 1.96 bits per heavy atom. The molecule has 0 N–H and O–H groups in total. The van der Waals surface area contributed by atoms with Gasteiger partial charge in [0.15, 0.2) is 0 Å². The number of methoxy groups -OCH3 is 1. The molecule has 23 heavy (non-hydrogen) atoms. The lowest BCUT2D eigenvalue weighted by atomic mass is 9.79. The van der Waals surface area contributed by atoms with Crippen LogP contribution in [0.1, 0.15) is 31.2 Å². The van der Waals surface area contributed by atoms with Crippen molar-refractivity contribution in [2.75, 3.05) is 39.9 Å². The molecule has 0 unspecified atom stereocenters. The highest BCUT2D eigenvalue weighted by molar-refractivity contribution is 5.84. The molecule has 0 radical (unpaired) electrons. The van der Waals surface area contributed by atoms with Crippen molar-refractivity contribution in [1.82, 2.24) is 14.8 Å². The first-order valence-corrected chi connectivity index (χ1v) is 8.63. The van der Waals surface area contributed by atoms with Crippen molar-refractivity contribution in [2.45, 2.75) is 32.2 Å². The zero-order chi connectivity index (χ0) is 16.1. The van der Waals surface area contributed by atoms with Gasteiger partial charge < -0.3 is 9.64 Å². The van der Waals surface area contributed by atoms with Crippen LogP contribution in [-0.4, -0.2) is 60.6 Å². The van der Waals surface area contributed by atoms with Crippen molar-refractivity contribution in [3.8, 4) is 0 Å². The number of aromatic nitrogens is 1. The highest BCUT2D eigenvalue weighted by Gasteiger charge is 2.46. The van der Waals surface area contributed by atoms with Crippen molar-refractivity contribution >= 4 is 5.91 Å². The molecule has 0 bridgehead atoms. The molecule has 126 valence electrons. The number of ether oxygens (including phenoxy) is 1. The van der Waals surface area contributed by atoms with Gasteiger partial charge in [-0.15, -0.1) is 0 Å². The van der Waals surface area contributed by atoms with E-state index in [4.69, 9.17) is 4.74 Å². The van der Waals surface area contributed by atoms with Crippen LogP contribution in [0.2, 0.25) is 0 Å². The average Bonchev–Trinajstić information content (AvgIpc) is 2.75. The third-order valence-electron chi connectivity index (χ3n) is 5.36. The van der Waals surface area contributed by atoms with E-state index in [1.165, 1.54) is 5.56 Å². The van der Waals surface area contributed by atoms with Gasteiger partial charge in [0.1, 0.15) is 0 Å². The summed E-state index contributed by atoms with van der Waals surface area (Å²) in [6.07, 6.45) is 7.84. The third kappa shape index (κ3) is 3.72. The van der Waals surface area contributed by atoms with Crippen LogP contribution in [0.3, 0.4) is 0 Å². The zero-order valence-corrected chi connectivity index (χ0v) is 14.0. The smallest absolute Gasteiger partial charge is 0.228 e. The number of hydrogen-bond donors (Lipinski definition) is 0. The van der Waals surface area contributed by atoms with Crippen molar-refractivity contribution in [3.05, 3.63) is 30.1 Å². The van der Waals surface area contributed by atoms with Crippen LogP contribution < -0.4 is 0 Å². The maximum atomic E-state index is 12.8. The second-order valence-electron chi connectivity index (χ2n) is 6.80. The number of nitrogens with zero attached hydrogens (tertiary/aromatic N) is 3. The molecule has 0 aromatic carbocycles. The number of likely N-dealkylation sites (tertiary alicyclic amines) is 2. The van der Waals surface area contributed by atoms with Gasteiger partial charge in [-0.2, -0.15) is 0 Å². The van der Waals surface area contributed by atoms with Crippen LogP contribution >= 0.6 is 0 Å². The van der Waals surface area contributed by atoms with Crippen molar-refractivity contribution in [3.63, 3.8) is 0 Å². The fourth-order valence-electron chi connectivity index (χ4n) is 3.93. The lowest BCUT2D eigenvalue weighted by Crippen LogP contribution is -2.37. The molecule has 1 atom stereocenters. The summed E-state index contributed by atoms with van der Waals surface area (Å²) in [7, 11) is 1.69. The predicted molar refractivity (Wildman–Crippen MR) is 88.9 cm³/mol. The Morgan fingerprint density at radius 3 is 2.74 bits per heavy atom.